The van der Waals surface area contributed by atoms with E-state index in [4.69, 9.17) is 13.9 Å². The van der Waals surface area contributed by atoms with Crippen molar-refractivity contribution in [1.29, 1.82) is 0 Å². The first-order valence-electron chi connectivity index (χ1n) is 10.0. The fourth-order valence-electron chi connectivity index (χ4n) is 2.72. The van der Waals surface area contributed by atoms with Crippen LogP contribution >= 0.6 is 7.60 Å². The van der Waals surface area contributed by atoms with E-state index in [2.05, 4.69) is 5.48 Å². The third-order valence-electron chi connectivity index (χ3n) is 4.42. The molecule has 0 bridgehead atoms. The summed E-state index contributed by atoms with van der Waals surface area (Å²) >= 11 is 0. The first kappa shape index (κ1) is 22.9. The largest absolute Gasteiger partial charge is 0.331 e. The van der Waals surface area contributed by atoms with Gasteiger partial charge in [-0.15, -0.1) is 0 Å². The second kappa shape index (κ2) is 12.2. The Bertz CT molecular complexity index is 920. The molecule has 162 valence electrons. The summed E-state index contributed by atoms with van der Waals surface area (Å²) in [7, 11) is -3.51. The van der Waals surface area contributed by atoms with Crippen molar-refractivity contribution in [3.8, 4) is 0 Å². The first-order valence-corrected chi connectivity index (χ1v) is 11.8. The Kier molecular flexibility index (Phi) is 9.00. The minimum Gasteiger partial charge on any atom is -0.304 e. The topological polar surface area (TPSA) is 73.9 Å². The van der Waals surface area contributed by atoms with Crippen LogP contribution in [0, 0.1) is 0 Å². The number of amides is 1. The van der Waals surface area contributed by atoms with Gasteiger partial charge < -0.3 is 9.05 Å². The van der Waals surface area contributed by atoms with Crippen molar-refractivity contribution in [2.24, 2.45) is 0 Å². The van der Waals surface area contributed by atoms with Gasteiger partial charge in [-0.05, 0) is 16.7 Å². The lowest BCUT2D eigenvalue weighted by atomic mass is 10.2. The summed E-state index contributed by atoms with van der Waals surface area (Å²) in [5, 5.41) is 0. The van der Waals surface area contributed by atoms with Crippen molar-refractivity contribution >= 4 is 13.5 Å². The zero-order valence-corrected chi connectivity index (χ0v) is 18.1. The predicted octanol–water partition coefficient (Wildman–Crippen LogP) is 5.25. The highest BCUT2D eigenvalue weighted by Gasteiger charge is 2.26. The minimum absolute atomic E-state index is 0.0460. The normalized spacial score (nSPS) is 11.2. The Labute approximate surface area is 182 Å². The van der Waals surface area contributed by atoms with E-state index < -0.39 is 7.60 Å². The van der Waals surface area contributed by atoms with Crippen molar-refractivity contribution in [3.63, 3.8) is 0 Å². The molecule has 31 heavy (non-hydrogen) atoms. The molecule has 0 fully saturated rings. The van der Waals surface area contributed by atoms with Crippen molar-refractivity contribution < 1.29 is 23.2 Å². The SMILES string of the molecule is O=C(CCP(=O)(OCc1ccccc1)OCc1ccccc1)NOCc1ccccc1. The van der Waals surface area contributed by atoms with Crippen molar-refractivity contribution in [2.45, 2.75) is 26.2 Å². The third kappa shape index (κ3) is 8.48. The molecule has 0 aliphatic carbocycles. The molecule has 1 amide bonds. The zero-order valence-electron chi connectivity index (χ0n) is 17.2. The Hall–Kier alpha value is -2.76. The predicted molar refractivity (Wildman–Crippen MR) is 119 cm³/mol. The average Bonchev–Trinajstić information content (AvgIpc) is 2.82. The van der Waals surface area contributed by atoms with Gasteiger partial charge in [0.2, 0.25) is 5.91 Å². The van der Waals surface area contributed by atoms with Crippen LogP contribution in [-0.4, -0.2) is 12.1 Å². The Morgan fingerprint density at radius 2 is 1.10 bits per heavy atom. The molecule has 6 nitrogen and oxygen atoms in total. The van der Waals surface area contributed by atoms with Gasteiger partial charge in [-0.25, -0.2) is 5.48 Å². The summed E-state index contributed by atoms with van der Waals surface area (Å²) in [6.07, 6.45) is -0.0944. The third-order valence-corrected chi connectivity index (χ3v) is 6.24. The minimum atomic E-state index is -3.51. The molecule has 0 aliphatic rings. The van der Waals surface area contributed by atoms with Crippen LogP contribution in [0.2, 0.25) is 0 Å². The van der Waals surface area contributed by atoms with Crippen LogP contribution < -0.4 is 5.48 Å². The molecule has 3 aromatic carbocycles. The van der Waals surface area contributed by atoms with Gasteiger partial charge in [0.1, 0.15) is 0 Å². The van der Waals surface area contributed by atoms with Gasteiger partial charge in [0.25, 0.3) is 0 Å². The van der Waals surface area contributed by atoms with Crippen LogP contribution in [0.4, 0.5) is 0 Å². The number of rotatable bonds is 12. The molecule has 3 rings (SSSR count). The molecule has 0 saturated heterocycles. The molecule has 0 aromatic heterocycles. The van der Waals surface area contributed by atoms with Crippen molar-refractivity contribution in [1.82, 2.24) is 5.48 Å². The zero-order chi connectivity index (χ0) is 21.8. The maximum absolute atomic E-state index is 13.3. The van der Waals surface area contributed by atoms with Crippen LogP contribution in [0.25, 0.3) is 0 Å². The van der Waals surface area contributed by atoms with Gasteiger partial charge in [0.15, 0.2) is 0 Å². The quantitative estimate of drug-likeness (QED) is 0.308. The molecule has 0 aliphatic heterocycles. The summed E-state index contributed by atoms with van der Waals surface area (Å²) in [5.41, 5.74) is 5.07. The lowest BCUT2D eigenvalue weighted by Gasteiger charge is -2.19. The monoisotopic (exact) mass is 439 g/mol. The molecule has 1 N–H and O–H groups in total. The lowest BCUT2D eigenvalue weighted by Crippen LogP contribution is -2.24. The number of carbonyl (C=O) groups is 1. The van der Waals surface area contributed by atoms with Gasteiger partial charge in [-0.1, -0.05) is 91.0 Å². The fraction of sp³-hybridized carbons (Fsp3) is 0.208. The van der Waals surface area contributed by atoms with Gasteiger partial charge in [-0.2, -0.15) is 0 Å². The van der Waals surface area contributed by atoms with Gasteiger partial charge >= 0.3 is 7.60 Å². The van der Waals surface area contributed by atoms with Crippen LogP contribution in [0.5, 0.6) is 0 Å². The number of carbonyl (C=O) groups excluding carboxylic acids is 1. The highest BCUT2D eigenvalue weighted by atomic mass is 31.2. The van der Waals surface area contributed by atoms with E-state index >= 15 is 0 Å². The number of hydroxylamine groups is 1. The Balaban J connectivity index is 1.52. The van der Waals surface area contributed by atoms with Crippen LogP contribution in [0.1, 0.15) is 23.1 Å². The average molecular weight is 439 g/mol. The second-order valence-corrected chi connectivity index (χ2v) is 9.09. The smallest absolute Gasteiger partial charge is 0.304 e. The molecule has 0 atom stereocenters. The number of nitrogens with one attached hydrogen (secondary N) is 1. The molecule has 0 unspecified atom stereocenters. The van der Waals surface area contributed by atoms with E-state index in [1.807, 2.05) is 91.0 Å². The molecule has 0 radical (unpaired) electrons. The van der Waals surface area contributed by atoms with E-state index in [1.54, 1.807) is 0 Å². The number of hydrogen-bond donors (Lipinski definition) is 1. The Morgan fingerprint density at radius 1 is 0.677 bits per heavy atom. The second-order valence-electron chi connectivity index (χ2n) is 6.90. The highest BCUT2D eigenvalue weighted by molar-refractivity contribution is 7.53. The number of benzene rings is 3. The molecule has 7 heteroatoms. The van der Waals surface area contributed by atoms with E-state index in [-0.39, 0.29) is 38.3 Å². The van der Waals surface area contributed by atoms with Gasteiger partial charge in [-0.3, -0.25) is 14.2 Å². The van der Waals surface area contributed by atoms with E-state index in [0.717, 1.165) is 16.7 Å². The number of hydrogen-bond acceptors (Lipinski definition) is 5. The van der Waals surface area contributed by atoms with Crippen LogP contribution in [0.15, 0.2) is 91.0 Å². The standard InChI is InChI=1S/C24H26NO5P/c26-24(25-28-18-21-10-4-1-5-11-21)16-17-31(27,29-19-22-12-6-2-7-13-22)30-20-23-14-8-3-9-15-23/h1-15H,16-20H2,(H,25,26). The summed E-state index contributed by atoms with van der Waals surface area (Å²) < 4.78 is 24.6. The van der Waals surface area contributed by atoms with E-state index in [9.17, 15) is 9.36 Å². The maximum atomic E-state index is 13.3. The maximum Gasteiger partial charge on any atom is 0.331 e. The molecule has 0 heterocycles. The molecular weight excluding hydrogens is 413 g/mol. The molecule has 0 saturated carbocycles. The van der Waals surface area contributed by atoms with Crippen molar-refractivity contribution in [2.75, 3.05) is 6.16 Å². The van der Waals surface area contributed by atoms with E-state index in [0.29, 0.717) is 0 Å². The highest BCUT2D eigenvalue weighted by Crippen LogP contribution is 2.50. The first-order chi connectivity index (χ1) is 15.1. The fourth-order valence-corrected chi connectivity index (χ4v) is 4.23. The van der Waals surface area contributed by atoms with Gasteiger partial charge in [0, 0.05) is 6.42 Å². The summed E-state index contributed by atoms with van der Waals surface area (Å²) in [6, 6.07) is 28.3. The summed E-state index contributed by atoms with van der Waals surface area (Å²) in [5.74, 6) is -0.386. The summed E-state index contributed by atoms with van der Waals surface area (Å²) in [6.45, 7) is 0.525. The van der Waals surface area contributed by atoms with Crippen LogP contribution in [-0.2, 0) is 43.1 Å². The Morgan fingerprint density at radius 3 is 1.55 bits per heavy atom. The molecular formula is C24H26NO5P. The van der Waals surface area contributed by atoms with Crippen LogP contribution in [0.3, 0.4) is 0 Å². The van der Waals surface area contributed by atoms with Gasteiger partial charge in [0.05, 0.1) is 26.0 Å². The molecule has 0 spiro atoms. The lowest BCUT2D eigenvalue weighted by molar-refractivity contribution is -0.134. The van der Waals surface area contributed by atoms with E-state index in [1.165, 1.54) is 0 Å². The van der Waals surface area contributed by atoms with Crippen molar-refractivity contribution in [3.05, 3.63) is 108 Å². The molecule has 3 aromatic rings. The summed E-state index contributed by atoms with van der Waals surface area (Å²) in [4.78, 5) is 17.4.